The average molecular weight is 369 g/mol. The average Bonchev–Trinajstić information content (AvgIpc) is 2.79. The fourth-order valence-electron chi connectivity index (χ4n) is 2.93. The molecular formula is C22H19N5O. The van der Waals surface area contributed by atoms with E-state index >= 15 is 0 Å². The highest BCUT2D eigenvalue weighted by Crippen LogP contribution is 2.30. The zero-order valence-electron chi connectivity index (χ0n) is 15.6. The molecule has 0 saturated heterocycles. The highest BCUT2D eigenvalue weighted by Gasteiger charge is 2.09. The van der Waals surface area contributed by atoms with Crippen LogP contribution in [-0.4, -0.2) is 34.1 Å². The summed E-state index contributed by atoms with van der Waals surface area (Å²) in [4.78, 5) is 17.6. The second-order valence-electron chi connectivity index (χ2n) is 6.14. The second-order valence-corrected chi connectivity index (χ2v) is 6.14. The summed E-state index contributed by atoms with van der Waals surface area (Å²) in [7, 11) is 3.46. The van der Waals surface area contributed by atoms with E-state index in [4.69, 9.17) is 4.74 Å². The standard InChI is InChI=1S/C22H19N5O/c1-23-21-11-16(10-20(27-21)19-5-3-4-7-25-19)18-9-17(13-24-14-18)15-6-8-26-22(12-15)28-2/h3-14H,1-2H3,(H,23,27). The molecule has 0 aromatic carbocycles. The Hall–Kier alpha value is -3.80. The lowest BCUT2D eigenvalue weighted by atomic mass is 10.0. The predicted molar refractivity (Wildman–Crippen MR) is 110 cm³/mol. The molecule has 0 amide bonds. The first-order valence-electron chi connectivity index (χ1n) is 8.84. The first-order valence-corrected chi connectivity index (χ1v) is 8.84. The second kappa shape index (κ2) is 7.84. The molecular weight excluding hydrogens is 350 g/mol. The van der Waals surface area contributed by atoms with Gasteiger partial charge in [0.05, 0.1) is 18.5 Å². The van der Waals surface area contributed by atoms with Crippen molar-refractivity contribution in [1.29, 1.82) is 0 Å². The van der Waals surface area contributed by atoms with Crippen molar-refractivity contribution in [1.82, 2.24) is 19.9 Å². The number of nitrogens with zero attached hydrogens (tertiary/aromatic N) is 4. The van der Waals surface area contributed by atoms with E-state index in [1.54, 1.807) is 19.5 Å². The molecule has 0 spiro atoms. The van der Waals surface area contributed by atoms with Crippen LogP contribution in [0.1, 0.15) is 0 Å². The van der Waals surface area contributed by atoms with Crippen molar-refractivity contribution in [2.24, 2.45) is 0 Å². The number of aromatic nitrogens is 4. The van der Waals surface area contributed by atoms with Crippen molar-refractivity contribution in [3.8, 4) is 39.5 Å². The molecule has 0 bridgehead atoms. The van der Waals surface area contributed by atoms with E-state index < -0.39 is 0 Å². The van der Waals surface area contributed by atoms with E-state index in [0.717, 1.165) is 39.5 Å². The molecule has 0 unspecified atom stereocenters. The molecule has 0 aliphatic heterocycles. The van der Waals surface area contributed by atoms with E-state index in [-0.39, 0.29) is 0 Å². The monoisotopic (exact) mass is 369 g/mol. The van der Waals surface area contributed by atoms with E-state index in [9.17, 15) is 0 Å². The van der Waals surface area contributed by atoms with Crippen LogP contribution < -0.4 is 10.1 Å². The van der Waals surface area contributed by atoms with Crippen LogP contribution in [0, 0.1) is 0 Å². The van der Waals surface area contributed by atoms with Gasteiger partial charge in [-0.15, -0.1) is 0 Å². The summed E-state index contributed by atoms with van der Waals surface area (Å²) >= 11 is 0. The molecule has 28 heavy (non-hydrogen) atoms. The van der Waals surface area contributed by atoms with Gasteiger partial charge in [0.1, 0.15) is 5.82 Å². The van der Waals surface area contributed by atoms with Crippen LogP contribution >= 0.6 is 0 Å². The zero-order valence-corrected chi connectivity index (χ0v) is 15.6. The number of anilines is 1. The predicted octanol–water partition coefficient (Wildman–Crippen LogP) is 4.32. The topological polar surface area (TPSA) is 72.8 Å². The third-order valence-corrected chi connectivity index (χ3v) is 4.36. The lowest BCUT2D eigenvalue weighted by Crippen LogP contribution is -1.96. The third kappa shape index (κ3) is 3.66. The molecule has 0 saturated carbocycles. The number of methoxy groups -OCH3 is 1. The van der Waals surface area contributed by atoms with Crippen LogP contribution in [0.3, 0.4) is 0 Å². The maximum absolute atomic E-state index is 5.23. The maximum atomic E-state index is 5.23. The largest absolute Gasteiger partial charge is 0.481 e. The summed E-state index contributed by atoms with van der Waals surface area (Å²) < 4.78 is 5.23. The van der Waals surface area contributed by atoms with Gasteiger partial charge >= 0.3 is 0 Å². The first kappa shape index (κ1) is 17.6. The Morgan fingerprint density at radius 3 is 2.39 bits per heavy atom. The van der Waals surface area contributed by atoms with Crippen LogP contribution in [0.5, 0.6) is 5.88 Å². The highest BCUT2D eigenvalue weighted by molar-refractivity contribution is 5.76. The van der Waals surface area contributed by atoms with Crippen molar-refractivity contribution >= 4 is 5.82 Å². The lowest BCUT2D eigenvalue weighted by Gasteiger charge is -2.10. The van der Waals surface area contributed by atoms with Gasteiger partial charge in [-0.1, -0.05) is 6.07 Å². The van der Waals surface area contributed by atoms with Gasteiger partial charge in [-0.2, -0.15) is 0 Å². The Balaban J connectivity index is 1.79. The van der Waals surface area contributed by atoms with E-state index in [1.807, 2.05) is 61.9 Å². The molecule has 1 N–H and O–H groups in total. The minimum absolute atomic E-state index is 0.571. The summed E-state index contributed by atoms with van der Waals surface area (Å²) in [6.45, 7) is 0. The molecule has 4 heterocycles. The molecule has 4 aromatic rings. The maximum Gasteiger partial charge on any atom is 0.213 e. The van der Waals surface area contributed by atoms with Crippen molar-refractivity contribution < 1.29 is 4.74 Å². The molecule has 4 rings (SSSR count). The van der Waals surface area contributed by atoms with Crippen molar-refractivity contribution in [3.05, 3.63) is 73.3 Å². The SMILES string of the molecule is CNc1cc(-c2cncc(-c3ccnc(OC)c3)c2)cc(-c2ccccn2)n1. The van der Waals surface area contributed by atoms with E-state index in [1.165, 1.54) is 0 Å². The molecule has 6 nitrogen and oxygen atoms in total. The number of nitrogens with one attached hydrogen (secondary N) is 1. The smallest absolute Gasteiger partial charge is 0.213 e. The summed E-state index contributed by atoms with van der Waals surface area (Å²) in [6.07, 6.45) is 7.17. The fraction of sp³-hybridized carbons (Fsp3) is 0.0909. The van der Waals surface area contributed by atoms with Gasteiger partial charge in [0, 0.05) is 49.0 Å². The Morgan fingerprint density at radius 1 is 0.786 bits per heavy atom. The Bertz CT molecular complexity index is 1100. The van der Waals surface area contributed by atoms with Gasteiger partial charge in [0.15, 0.2) is 0 Å². The number of ether oxygens (including phenoxy) is 1. The molecule has 138 valence electrons. The number of hydrogen-bond acceptors (Lipinski definition) is 6. The summed E-state index contributed by atoms with van der Waals surface area (Å²) in [5, 5.41) is 3.12. The van der Waals surface area contributed by atoms with Crippen LogP contribution in [0.4, 0.5) is 5.82 Å². The minimum Gasteiger partial charge on any atom is -0.481 e. The highest BCUT2D eigenvalue weighted by atomic mass is 16.5. The van der Waals surface area contributed by atoms with Crippen LogP contribution in [0.25, 0.3) is 33.6 Å². The Kier molecular flexibility index (Phi) is 4.93. The molecule has 4 aromatic heterocycles. The Labute approximate surface area is 163 Å². The van der Waals surface area contributed by atoms with Crippen molar-refractivity contribution in [2.45, 2.75) is 0 Å². The molecule has 0 aliphatic rings. The molecule has 0 atom stereocenters. The molecule has 6 heteroatoms. The van der Waals surface area contributed by atoms with Crippen LogP contribution in [0.15, 0.2) is 73.3 Å². The van der Waals surface area contributed by atoms with Crippen molar-refractivity contribution in [2.75, 3.05) is 19.5 Å². The molecule has 0 aliphatic carbocycles. The Morgan fingerprint density at radius 2 is 1.64 bits per heavy atom. The summed E-state index contributed by atoms with van der Waals surface area (Å²) in [5.74, 6) is 1.34. The number of hydrogen-bond donors (Lipinski definition) is 1. The number of pyridine rings is 4. The van der Waals surface area contributed by atoms with Gasteiger partial charge in [0.25, 0.3) is 0 Å². The molecule has 0 radical (unpaired) electrons. The van der Waals surface area contributed by atoms with E-state index in [2.05, 4.69) is 31.3 Å². The quantitative estimate of drug-likeness (QED) is 0.565. The zero-order chi connectivity index (χ0) is 19.3. The van der Waals surface area contributed by atoms with Crippen LogP contribution in [0.2, 0.25) is 0 Å². The third-order valence-electron chi connectivity index (χ3n) is 4.36. The van der Waals surface area contributed by atoms with Crippen LogP contribution in [-0.2, 0) is 0 Å². The normalized spacial score (nSPS) is 10.5. The summed E-state index contributed by atoms with van der Waals surface area (Å²) in [5.41, 5.74) is 5.61. The van der Waals surface area contributed by atoms with Gasteiger partial charge < -0.3 is 10.1 Å². The fourth-order valence-corrected chi connectivity index (χ4v) is 2.93. The van der Waals surface area contributed by atoms with Gasteiger partial charge in [-0.3, -0.25) is 9.97 Å². The lowest BCUT2D eigenvalue weighted by molar-refractivity contribution is 0.398. The number of rotatable bonds is 5. The van der Waals surface area contributed by atoms with Gasteiger partial charge in [0.2, 0.25) is 5.88 Å². The van der Waals surface area contributed by atoms with Gasteiger partial charge in [-0.25, -0.2) is 9.97 Å². The van der Waals surface area contributed by atoms with Crippen molar-refractivity contribution in [3.63, 3.8) is 0 Å². The summed E-state index contributed by atoms with van der Waals surface area (Å²) in [6, 6.07) is 15.7. The molecule has 0 fully saturated rings. The first-order chi connectivity index (χ1) is 13.8. The van der Waals surface area contributed by atoms with E-state index in [0.29, 0.717) is 5.88 Å². The van der Waals surface area contributed by atoms with Gasteiger partial charge in [-0.05, 0) is 47.5 Å². The minimum atomic E-state index is 0.571.